The minimum absolute atomic E-state index is 0.0510. The van der Waals surface area contributed by atoms with Crippen molar-refractivity contribution in [2.75, 3.05) is 47.5 Å². The van der Waals surface area contributed by atoms with Gasteiger partial charge in [-0.15, -0.1) is 0 Å². The van der Waals surface area contributed by atoms with Crippen LogP contribution in [0.5, 0.6) is 0 Å². The van der Waals surface area contributed by atoms with Crippen molar-refractivity contribution >= 4 is 19.8 Å². The van der Waals surface area contributed by atoms with Gasteiger partial charge in [-0.2, -0.15) is 0 Å². The van der Waals surface area contributed by atoms with Gasteiger partial charge in [0.1, 0.15) is 19.8 Å². The number of epoxide rings is 1. The lowest BCUT2D eigenvalue weighted by Gasteiger charge is -2.28. The Hall–Kier alpha value is -2.59. The number of carbonyl (C=O) groups is 2. The number of unbranched alkanes of at least 4 members (excludes halogenated alkanes) is 11. The van der Waals surface area contributed by atoms with Crippen LogP contribution in [0.2, 0.25) is 0 Å². The Balaban J connectivity index is 2.34. The molecule has 0 radical (unpaired) electrons. The zero-order valence-corrected chi connectivity index (χ0v) is 38.5. The van der Waals surface area contributed by atoms with Crippen LogP contribution in [0.25, 0.3) is 0 Å². The predicted molar refractivity (Wildman–Crippen MR) is 240 cm³/mol. The highest BCUT2D eigenvalue weighted by molar-refractivity contribution is 7.45. The third-order valence-electron chi connectivity index (χ3n) is 9.60. The zero-order valence-electron chi connectivity index (χ0n) is 37.6. The fourth-order valence-electron chi connectivity index (χ4n) is 5.87. The molecule has 1 saturated heterocycles. The molecule has 0 aromatic heterocycles. The van der Waals surface area contributed by atoms with E-state index in [4.69, 9.17) is 23.3 Å². The zero-order chi connectivity index (χ0) is 43.3. The molecule has 1 heterocycles. The van der Waals surface area contributed by atoms with Crippen molar-refractivity contribution in [3.63, 3.8) is 0 Å². The number of hydrogen-bond acceptors (Lipinski definition) is 9. The van der Waals surface area contributed by atoms with Gasteiger partial charge in [0.05, 0.1) is 40.0 Å². The van der Waals surface area contributed by atoms with Crippen LogP contribution in [0.4, 0.5) is 0 Å². The number of rotatable bonds is 39. The van der Waals surface area contributed by atoms with E-state index >= 15 is 0 Å². The van der Waals surface area contributed by atoms with Crippen LogP contribution < -0.4 is 4.89 Å². The van der Waals surface area contributed by atoms with Gasteiger partial charge in [-0.1, -0.05) is 125 Å². The lowest BCUT2D eigenvalue weighted by atomic mass is 10.1. The number of hydrogen-bond donors (Lipinski definition) is 0. The summed E-state index contributed by atoms with van der Waals surface area (Å²) in [6, 6.07) is 0. The Morgan fingerprint density at radius 3 is 1.66 bits per heavy atom. The van der Waals surface area contributed by atoms with Gasteiger partial charge >= 0.3 is 11.9 Å². The monoisotopic (exact) mass is 848 g/mol. The van der Waals surface area contributed by atoms with E-state index in [-0.39, 0.29) is 26.1 Å². The lowest BCUT2D eigenvalue weighted by molar-refractivity contribution is -0.870. The third kappa shape index (κ3) is 36.9. The normalized spacial score (nSPS) is 17.7. The first kappa shape index (κ1) is 54.4. The second kappa shape index (κ2) is 36.1. The number of likely N-dealkylation sites (N-methyl/N-ethyl adjacent to an activating group) is 1. The molecule has 0 aromatic rings. The van der Waals surface area contributed by atoms with E-state index in [1.54, 1.807) is 0 Å². The van der Waals surface area contributed by atoms with Gasteiger partial charge in [0.25, 0.3) is 7.82 Å². The lowest BCUT2D eigenvalue weighted by Crippen LogP contribution is -2.37. The quantitative estimate of drug-likeness (QED) is 0.0148. The molecular formula is C48H82NO9P. The number of phosphoric acid groups is 1. The number of quaternary nitrogens is 1. The molecular weight excluding hydrogens is 765 g/mol. The minimum Gasteiger partial charge on any atom is -0.756 e. The predicted octanol–water partition coefficient (Wildman–Crippen LogP) is 11.4. The van der Waals surface area contributed by atoms with Crippen LogP contribution >= 0.6 is 7.82 Å². The summed E-state index contributed by atoms with van der Waals surface area (Å²) in [6.07, 6.45) is 46.8. The van der Waals surface area contributed by atoms with Gasteiger partial charge in [-0.25, -0.2) is 0 Å². The van der Waals surface area contributed by atoms with Gasteiger partial charge in [0, 0.05) is 12.8 Å². The average molecular weight is 848 g/mol. The smallest absolute Gasteiger partial charge is 0.306 e. The third-order valence-corrected chi connectivity index (χ3v) is 10.6. The van der Waals surface area contributed by atoms with Gasteiger partial charge < -0.3 is 32.6 Å². The first-order valence-corrected chi connectivity index (χ1v) is 24.2. The maximum absolute atomic E-state index is 12.7. The van der Waals surface area contributed by atoms with Gasteiger partial charge in [-0.05, 0) is 89.9 Å². The molecule has 11 heteroatoms. The largest absolute Gasteiger partial charge is 0.756 e. The summed E-state index contributed by atoms with van der Waals surface area (Å²) in [5.74, 6) is -0.938. The number of ether oxygens (including phenoxy) is 3. The first-order valence-electron chi connectivity index (χ1n) is 22.8. The summed E-state index contributed by atoms with van der Waals surface area (Å²) in [4.78, 5) is 37.6. The molecule has 1 aliphatic rings. The van der Waals surface area contributed by atoms with Crippen LogP contribution in [0.1, 0.15) is 155 Å². The van der Waals surface area contributed by atoms with Crippen molar-refractivity contribution in [3.8, 4) is 0 Å². The summed E-state index contributed by atoms with van der Waals surface area (Å²) < 4.78 is 39.6. The van der Waals surface area contributed by atoms with Crippen LogP contribution in [0.15, 0.2) is 72.9 Å². The molecule has 0 amide bonds. The van der Waals surface area contributed by atoms with Crippen molar-refractivity contribution in [1.82, 2.24) is 0 Å². The topological polar surface area (TPSA) is 124 Å². The average Bonchev–Trinajstić information content (AvgIpc) is 3.94. The molecule has 0 spiro atoms. The number of phosphoric ester groups is 1. The molecule has 0 aromatic carbocycles. The standard InChI is InChI=1S/C48H82NO9P/c1-6-8-10-12-14-15-16-17-18-19-20-21-22-23-26-30-34-38-47(50)54-42-44(43-56-59(52,53)55-41-40-49(3,4)5)57-48(51)39-35-31-27-24-25-29-33-37-46-45(58-46)36-32-28-13-11-9-7-2/h14-15,17-18,20-21,24,27-29,32-33,44-46H,6-13,16,19,22-23,25-26,30-31,34-43H2,1-5H3/b15-14-,18-17-,21-20-,27-24-,32-28-,33-29-/t44-,45?,46?/m1/s1. The van der Waals surface area contributed by atoms with Crippen LogP contribution in [-0.4, -0.2) is 82.2 Å². The molecule has 0 bridgehead atoms. The molecule has 4 atom stereocenters. The second-order valence-electron chi connectivity index (χ2n) is 16.4. The summed E-state index contributed by atoms with van der Waals surface area (Å²) in [6.45, 7) is 4.05. The van der Waals surface area contributed by atoms with E-state index < -0.39 is 32.5 Å². The summed E-state index contributed by atoms with van der Waals surface area (Å²) in [5, 5.41) is 0. The highest BCUT2D eigenvalue weighted by atomic mass is 31.2. The molecule has 338 valence electrons. The highest BCUT2D eigenvalue weighted by Crippen LogP contribution is 2.38. The van der Waals surface area contributed by atoms with Crippen molar-refractivity contribution in [1.29, 1.82) is 0 Å². The Kier molecular flexibility index (Phi) is 33.3. The van der Waals surface area contributed by atoms with Gasteiger partial charge in [0.15, 0.2) is 6.10 Å². The molecule has 10 nitrogen and oxygen atoms in total. The molecule has 59 heavy (non-hydrogen) atoms. The molecule has 0 aliphatic carbocycles. The van der Waals surface area contributed by atoms with Gasteiger partial charge in [0.2, 0.25) is 0 Å². The van der Waals surface area contributed by atoms with E-state index in [0.717, 1.165) is 64.2 Å². The van der Waals surface area contributed by atoms with Crippen LogP contribution in [-0.2, 0) is 37.4 Å². The van der Waals surface area contributed by atoms with E-state index in [2.05, 4.69) is 80.7 Å². The highest BCUT2D eigenvalue weighted by Gasteiger charge is 2.36. The first-order chi connectivity index (χ1) is 28.5. The van der Waals surface area contributed by atoms with Crippen LogP contribution in [0, 0.1) is 0 Å². The van der Waals surface area contributed by atoms with Crippen molar-refractivity contribution in [3.05, 3.63) is 72.9 Å². The maximum atomic E-state index is 12.7. The van der Waals surface area contributed by atoms with Crippen molar-refractivity contribution < 1.29 is 46.8 Å². The SMILES string of the molecule is CCCCC/C=C\C/C=C\C/C=C\CCCCCCC(=O)OC[C@H](COP(=O)([O-])OCC[N+](C)(C)C)OC(=O)CCC/C=C\C/C=C\CC1OC1C/C=C\CCCCC. The van der Waals surface area contributed by atoms with Crippen molar-refractivity contribution in [2.45, 2.75) is 173 Å². The number of esters is 2. The molecule has 3 unspecified atom stereocenters. The molecule has 0 N–H and O–H groups in total. The Morgan fingerprint density at radius 1 is 0.610 bits per heavy atom. The van der Waals surface area contributed by atoms with Gasteiger partial charge in [-0.3, -0.25) is 14.2 Å². The Bertz CT molecular complexity index is 1300. The summed E-state index contributed by atoms with van der Waals surface area (Å²) in [5.41, 5.74) is 0. The van der Waals surface area contributed by atoms with Crippen molar-refractivity contribution in [2.24, 2.45) is 0 Å². The minimum atomic E-state index is -4.66. The van der Waals surface area contributed by atoms with E-state index in [1.165, 1.54) is 44.9 Å². The molecule has 1 fully saturated rings. The number of nitrogens with zero attached hydrogens (tertiary/aromatic N) is 1. The second-order valence-corrected chi connectivity index (χ2v) is 17.9. The Labute approximate surface area is 359 Å². The van der Waals surface area contributed by atoms with E-state index in [0.29, 0.717) is 42.5 Å². The fourth-order valence-corrected chi connectivity index (χ4v) is 6.60. The summed E-state index contributed by atoms with van der Waals surface area (Å²) >= 11 is 0. The Morgan fingerprint density at radius 2 is 1.08 bits per heavy atom. The molecule has 1 rings (SSSR count). The molecule has 0 saturated carbocycles. The summed E-state index contributed by atoms with van der Waals surface area (Å²) in [7, 11) is 1.10. The number of allylic oxidation sites excluding steroid dienone is 10. The fraction of sp³-hybridized carbons (Fsp3) is 0.708. The molecule has 1 aliphatic heterocycles. The number of carbonyl (C=O) groups excluding carboxylic acids is 2. The van der Waals surface area contributed by atoms with Crippen LogP contribution in [0.3, 0.4) is 0 Å². The van der Waals surface area contributed by atoms with E-state index in [1.807, 2.05) is 27.2 Å². The maximum Gasteiger partial charge on any atom is 0.306 e. The van der Waals surface area contributed by atoms with E-state index in [9.17, 15) is 19.0 Å².